The number of carbonyl (C=O) groups excluding carboxylic acids is 3. The van der Waals surface area contributed by atoms with E-state index in [1.165, 1.54) is 25.7 Å². The zero-order valence-electron chi connectivity index (χ0n) is 15.4. The molecule has 29 heavy (non-hydrogen) atoms. The minimum Gasteiger partial charge on any atom is -0.465 e. The van der Waals surface area contributed by atoms with Gasteiger partial charge in [-0.05, 0) is 42.0 Å². The molecule has 3 aromatic rings. The van der Waals surface area contributed by atoms with Crippen molar-refractivity contribution < 1.29 is 23.5 Å². The van der Waals surface area contributed by atoms with Gasteiger partial charge in [0.05, 0.1) is 36.4 Å². The number of esters is 1. The second-order valence-electron chi connectivity index (χ2n) is 5.79. The average Bonchev–Trinajstić information content (AvgIpc) is 3.29. The molecule has 1 aromatic heterocycles. The van der Waals surface area contributed by atoms with E-state index in [0.29, 0.717) is 16.8 Å². The van der Waals surface area contributed by atoms with Crippen LogP contribution in [0.3, 0.4) is 0 Å². The Hall–Kier alpha value is -4.20. The van der Waals surface area contributed by atoms with Gasteiger partial charge in [-0.15, -0.1) is 0 Å². The van der Waals surface area contributed by atoms with E-state index >= 15 is 0 Å². The third-order valence-electron chi connectivity index (χ3n) is 3.88. The summed E-state index contributed by atoms with van der Waals surface area (Å²) in [6.07, 6.45) is 2.82. The molecule has 0 radical (unpaired) electrons. The summed E-state index contributed by atoms with van der Waals surface area (Å²) in [7, 11) is 1.31. The fourth-order valence-electron chi connectivity index (χ4n) is 2.43. The van der Waals surface area contributed by atoms with Gasteiger partial charge >= 0.3 is 5.97 Å². The van der Waals surface area contributed by atoms with E-state index in [2.05, 4.69) is 20.6 Å². The Morgan fingerprint density at radius 1 is 0.966 bits per heavy atom. The molecule has 8 nitrogen and oxygen atoms in total. The summed E-state index contributed by atoms with van der Waals surface area (Å²) in [5.41, 5.74) is 4.06. The zero-order valence-corrected chi connectivity index (χ0v) is 15.4. The van der Waals surface area contributed by atoms with Crippen LogP contribution in [0.2, 0.25) is 0 Å². The van der Waals surface area contributed by atoms with Crippen LogP contribution in [0, 0.1) is 0 Å². The predicted molar refractivity (Wildman–Crippen MR) is 106 cm³/mol. The molecule has 146 valence electrons. The molecule has 0 aliphatic carbocycles. The number of benzene rings is 2. The van der Waals surface area contributed by atoms with Gasteiger partial charge in [-0.1, -0.05) is 24.3 Å². The summed E-state index contributed by atoms with van der Waals surface area (Å²) in [4.78, 5) is 36.0. The first-order chi connectivity index (χ1) is 14.1. The molecule has 8 heteroatoms. The smallest absolute Gasteiger partial charge is 0.337 e. The standard InChI is InChI=1S/C21H17N3O5/c1-28-21(27)15-10-8-14(9-11-15)13-22-24-19(25)16-5-2-3-6-17(16)23-20(26)18-7-4-12-29-18/h2-13H,1H3,(H,23,26)(H,24,25)/b22-13-. The number of rotatable bonds is 6. The summed E-state index contributed by atoms with van der Waals surface area (Å²) >= 11 is 0. The number of amides is 2. The molecule has 0 aliphatic heterocycles. The Labute approximate surface area is 166 Å². The quantitative estimate of drug-likeness (QED) is 0.381. The van der Waals surface area contributed by atoms with Crippen molar-refractivity contribution in [1.82, 2.24) is 5.43 Å². The highest BCUT2D eigenvalue weighted by molar-refractivity contribution is 6.08. The van der Waals surface area contributed by atoms with Crippen LogP contribution in [0.4, 0.5) is 5.69 Å². The second kappa shape index (κ2) is 9.14. The Morgan fingerprint density at radius 3 is 2.41 bits per heavy atom. The molecule has 0 atom stereocenters. The van der Waals surface area contributed by atoms with E-state index in [1.54, 1.807) is 54.6 Å². The van der Waals surface area contributed by atoms with Gasteiger partial charge in [-0.3, -0.25) is 9.59 Å². The molecule has 0 bridgehead atoms. The van der Waals surface area contributed by atoms with E-state index < -0.39 is 17.8 Å². The van der Waals surface area contributed by atoms with Gasteiger partial charge in [0.1, 0.15) is 0 Å². The molecular weight excluding hydrogens is 374 g/mol. The number of carbonyl (C=O) groups is 3. The molecule has 1 heterocycles. The molecule has 0 saturated heterocycles. The van der Waals surface area contributed by atoms with Gasteiger partial charge in [0.25, 0.3) is 11.8 Å². The highest BCUT2D eigenvalue weighted by Crippen LogP contribution is 2.16. The van der Waals surface area contributed by atoms with Gasteiger partial charge < -0.3 is 14.5 Å². The van der Waals surface area contributed by atoms with Crippen molar-refractivity contribution in [3.05, 3.63) is 89.4 Å². The molecule has 0 saturated carbocycles. The third kappa shape index (κ3) is 4.95. The van der Waals surface area contributed by atoms with Crippen molar-refractivity contribution in [1.29, 1.82) is 0 Å². The van der Waals surface area contributed by atoms with Gasteiger partial charge in [0, 0.05) is 0 Å². The normalized spacial score (nSPS) is 10.5. The lowest BCUT2D eigenvalue weighted by Crippen LogP contribution is -2.21. The maximum absolute atomic E-state index is 12.4. The van der Waals surface area contributed by atoms with E-state index in [9.17, 15) is 14.4 Å². The van der Waals surface area contributed by atoms with E-state index in [-0.39, 0.29) is 11.3 Å². The first kappa shape index (κ1) is 19.6. The fourth-order valence-corrected chi connectivity index (χ4v) is 2.43. The highest BCUT2D eigenvalue weighted by atomic mass is 16.5. The predicted octanol–water partition coefficient (Wildman–Crippen LogP) is 3.08. The van der Waals surface area contributed by atoms with Crippen LogP contribution in [0.25, 0.3) is 0 Å². The number of furan rings is 1. The Balaban J connectivity index is 1.66. The number of nitrogens with zero attached hydrogens (tertiary/aromatic N) is 1. The largest absolute Gasteiger partial charge is 0.465 e. The number of nitrogens with one attached hydrogen (secondary N) is 2. The minimum atomic E-state index is -0.497. The molecule has 0 unspecified atom stereocenters. The van der Waals surface area contributed by atoms with Crippen LogP contribution in [-0.4, -0.2) is 31.1 Å². The van der Waals surface area contributed by atoms with Crippen LogP contribution in [-0.2, 0) is 4.74 Å². The van der Waals surface area contributed by atoms with Crippen molar-refractivity contribution in [2.75, 3.05) is 12.4 Å². The van der Waals surface area contributed by atoms with Crippen LogP contribution < -0.4 is 10.7 Å². The second-order valence-corrected chi connectivity index (χ2v) is 5.79. The summed E-state index contributed by atoms with van der Waals surface area (Å²) in [6, 6.07) is 16.2. The van der Waals surface area contributed by atoms with Crippen molar-refractivity contribution >= 4 is 29.7 Å². The molecule has 0 aliphatic rings. The van der Waals surface area contributed by atoms with E-state index in [4.69, 9.17) is 4.42 Å². The van der Waals surface area contributed by atoms with Crippen molar-refractivity contribution in [2.45, 2.75) is 0 Å². The van der Waals surface area contributed by atoms with Gasteiger partial charge in [0.2, 0.25) is 0 Å². The first-order valence-corrected chi connectivity index (χ1v) is 8.54. The summed E-state index contributed by atoms with van der Waals surface area (Å²) in [5, 5.41) is 6.55. The summed E-state index contributed by atoms with van der Waals surface area (Å²) in [6.45, 7) is 0. The SMILES string of the molecule is COC(=O)c1ccc(/C=N\NC(=O)c2ccccc2NC(=O)c2ccco2)cc1. The number of para-hydroxylation sites is 1. The number of ether oxygens (including phenoxy) is 1. The number of hydrazone groups is 1. The fraction of sp³-hybridized carbons (Fsp3) is 0.0476. The Kier molecular flexibility index (Phi) is 6.16. The maximum Gasteiger partial charge on any atom is 0.337 e. The molecule has 0 spiro atoms. The van der Waals surface area contributed by atoms with E-state index in [0.717, 1.165) is 0 Å². The lowest BCUT2D eigenvalue weighted by Gasteiger charge is -2.08. The molecule has 2 amide bonds. The molecule has 3 rings (SSSR count). The molecule has 2 aromatic carbocycles. The molecule has 2 N–H and O–H groups in total. The molecular formula is C21H17N3O5. The number of hydrogen-bond donors (Lipinski definition) is 2. The third-order valence-corrected chi connectivity index (χ3v) is 3.88. The minimum absolute atomic E-state index is 0.133. The first-order valence-electron chi connectivity index (χ1n) is 8.54. The van der Waals surface area contributed by atoms with Gasteiger partial charge in [-0.25, -0.2) is 10.2 Å². The van der Waals surface area contributed by atoms with Crippen LogP contribution in [0.1, 0.15) is 36.8 Å². The Morgan fingerprint density at radius 2 is 1.72 bits per heavy atom. The van der Waals surface area contributed by atoms with Gasteiger partial charge in [0.15, 0.2) is 5.76 Å². The lowest BCUT2D eigenvalue weighted by molar-refractivity contribution is 0.0600. The van der Waals surface area contributed by atoms with Crippen molar-refractivity contribution in [2.24, 2.45) is 5.10 Å². The monoisotopic (exact) mass is 391 g/mol. The number of methoxy groups -OCH3 is 1. The summed E-state index contributed by atoms with van der Waals surface area (Å²) < 4.78 is 9.68. The van der Waals surface area contributed by atoms with Crippen LogP contribution in [0.5, 0.6) is 0 Å². The average molecular weight is 391 g/mol. The topological polar surface area (TPSA) is 110 Å². The van der Waals surface area contributed by atoms with Gasteiger partial charge in [-0.2, -0.15) is 5.10 Å². The van der Waals surface area contributed by atoms with Crippen molar-refractivity contribution in [3.63, 3.8) is 0 Å². The molecule has 0 fully saturated rings. The number of anilines is 1. The highest BCUT2D eigenvalue weighted by Gasteiger charge is 2.15. The van der Waals surface area contributed by atoms with E-state index in [1.807, 2.05) is 0 Å². The summed E-state index contributed by atoms with van der Waals surface area (Å²) in [5.74, 6) is -1.27. The van der Waals surface area contributed by atoms with Crippen LogP contribution in [0.15, 0.2) is 76.4 Å². The Bertz CT molecular complexity index is 1040. The zero-order chi connectivity index (χ0) is 20.6. The maximum atomic E-state index is 12.4. The van der Waals surface area contributed by atoms with Crippen LogP contribution >= 0.6 is 0 Å². The number of hydrogen-bond acceptors (Lipinski definition) is 6. The van der Waals surface area contributed by atoms with Crippen molar-refractivity contribution in [3.8, 4) is 0 Å². The lowest BCUT2D eigenvalue weighted by atomic mass is 10.1.